The monoisotopic (exact) mass is 392 g/mol. The predicted molar refractivity (Wildman–Crippen MR) is 114 cm³/mol. The zero-order valence-corrected chi connectivity index (χ0v) is 17.2. The lowest BCUT2D eigenvalue weighted by Crippen LogP contribution is -2.33. The number of oxazole rings is 1. The van der Waals surface area contributed by atoms with E-state index in [0.29, 0.717) is 17.1 Å². The first-order chi connectivity index (χ1) is 14.2. The maximum Gasteiger partial charge on any atom is 0.256 e. The molecule has 1 aromatic heterocycles. The van der Waals surface area contributed by atoms with Gasteiger partial charge in [0.15, 0.2) is 5.58 Å². The molecule has 0 bridgehead atoms. The van der Waals surface area contributed by atoms with Crippen LogP contribution in [-0.2, 0) is 6.54 Å². The molecule has 0 N–H and O–H groups in total. The maximum absolute atomic E-state index is 13.1. The van der Waals surface area contributed by atoms with Gasteiger partial charge in [-0.15, -0.1) is 0 Å². The topological polar surface area (TPSA) is 71.1 Å². The summed E-state index contributed by atoms with van der Waals surface area (Å²) in [6, 6.07) is 15.0. The van der Waals surface area contributed by atoms with Crippen LogP contribution in [0.1, 0.15) is 55.8 Å². The Bertz CT molecular complexity index is 923. The summed E-state index contributed by atoms with van der Waals surface area (Å²) in [7, 11) is 0. The number of amides is 1. The predicted octanol–water partition coefficient (Wildman–Crippen LogP) is 6.15. The Morgan fingerprint density at radius 3 is 2.41 bits per heavy atom. The van der Waals surface area contributed by atoms with Crippen LogP contribution in [-0.4, -0.2) is 28.9 Å². The standard InChI is InChI=1S/C23H28N4O2/c1-3-5-15-27(16-6-4-2)23(28)18-11-7-8-12-19(18)26-24-17-22-25-20-13-9-10-14-21(20)29-22/h7-14H,3-6,15-17H2,1-2H3. The van der Waals surface area contributed by atoms with Crippen LogP contribution in [0.25, 0.3) is 11.1 Å². The summed E-state index contributed by atoms with van der Waals surface area (Å²) in [6.45, 7) is 6.04. The second kappa shape index (κ2) is 10.5. The molecular formula is C23H28N4O2. The van der Waals surface area contributed by atoms with Gasteiger partial charge in [-0.1, -0.05) is 51.0 Å². The van der Waals surface area contributed by atoms with Crippen LogP contribution in [0.2, 0.25) is 0 Å². The lowest BCUT2D eigenvalue weighted by molar-refractivity contribution is 0.0752. The molecule has 1 amide bonds. The van der Waals surface area contributed by atoms with Crippen molar-refractivity contribution in [3.8, 4) is 0 Å². The number of hydrogen-bond donors (Lipinski definition) is 0. The number of aromatic nitrogens is 1. The van der Waals surface area contributed by atoms with Crippen LogP contribution < -0.4 is 0 Å². The molecule has 0 spiro atoms. The average molecular weight is 393 g/mol. The summed E-state index contributed by atoms with van der Waals surface area (Å²) < 4.78 is 5.67. The summed E-state index contributed by atoms with van der Waals surface area (Å²) in [4.78, 5) is 19.5. The van der Waals surface area contributed by atoms with E-state index in [1.165, 1.54) is 0 Å². The summed E-state index contributed by atoms with van der Waals surface area (Å²) in [5, 5.41) is 8.55. The molecule has 0 radical (unpaired) electrons. The molecule has 0 atom stereocenters. The third-order valence-electron chi connectivity index (χ3n) is 4.71. The molecule has 0 saturated carbocycles. The summed E-state index contributed by atoms with van der Waals surface area (Å²) in [5.74, 6) is 0.523. The number of hydrogen-bond acceptors (Lipinski definition) is 5. The van der Waals surface area contributed by atoms with Gasteiger partial charge in [-0.05, 0) is 37.1 Å². The second-order valence-electron chi connectivity index (χ2n) is 6.99. The van der Waals surface area contributed by atoms with E-state index in [0.717, 1.165) is 49.9 Å². The highest BCUT2D eigenvalue weighted by Gasteiger charge is 2.18. The zero-order valence-electron chi connectivity index (χ0n) is 17.2. The second-order valence-corrected chi connectivity index (χ2v) is 6.99. The van der Waals surface area contributed by atoms with E-state index in [-0.39, 0.29) is 12.5 Å². The van der Waals surface area contributed by atoms with Gasteiger partial charge in [0.2, 0.25) is 5.89 Å². The van der Waals surface area contributed by atoms with Gasteiger partial charge in [0.1, 0.15) is 12.1 Å². The zero-order chi connectivity index (χ0) is 20.5. The van der Waals surface area contributed by atoms with Crippen molar-refractivity contribution in [1.29, 1.82) is 0 Å². The van der Waals surface area contributed by atoms with E-state index in [1.807, 2.05) is 53.4 Å². The molecule has 29 heavy (non-hydrogen) atoms. The van der Waals surface area contributed by atoms with Crippen molar-refractivity contribution in [2.75, 3.05) is 13.1 Å². The lowest BCUT2D eigenvalue weighted by atomic mass is 10.1. The van der Waals surface area contributed by atoms with E-state index < -0.39 is 0 Å². The molecule has 0 aliphatic carbocycles. The molecule has 0 aliphatic heterocycles. The van der Waals surface area contributed by atoms with Crippen molar-refractivity contribution in [2.45, 2.75) is 46.1 Å². The first kappa shape index (κ1) is 20.7. The average Bonchev–Trinajstić information content (AvgIpc) is 3.16. The van der Waals surface area contributed by atoms with Crippen LogP contribution in [0.3, 0.4) is 0 Å². The Morgan fingerprint density at radius 2 is 1.69 bits per heavy atom. The quantitative estimate of drug-likeness (QED) is 0.388. The number of para-hydroxylation sites is 2. The van der Waals surface area contributed by atoms with E-state index in [2.05, 4.69) is 29.1 Å². The molecule has 3 rings (SSSR count). The molecule has 0 unspecified atom stereocenters. The minimum absolute atomic E-state index is 0.0170. The molecule has 1 heterocycles. The minimum atomic E-state index is 0.0170. The van der Waals surface area contributed by atoms with Crippen molar-refractivity contribution in [1.82, 2.24) is 9.88 Å². The third-order valence-corrected chi connectivity index (χ3v) is 4.71. The highest BCUT2D eigenvalue weighted by molar-refractivity contribution is 5.98. The molecule has 0 aliphatic rings. The summed E-state index contributed by atoms with van der Waals surface area (Å²) >= 11 is 0. The molecule has 6 nitrogen and oxygen atoms in total. The normalized spacial score (nSPS) is 11.4. The third kappa shape index (κ3) is 5.50. The fourth-order valence-corrected chi connectivity index (χ4v) is 3.08. The number of nitrogens with zero attached hydrogens (tertiary/aromatic N) is 4. The maximum atomic E-state index is 13.1. The molecule has 3 aromatic rings. The van der Waals surface area contributed by atoms with Crippen LogP contribution in [0.15, 0.2) is 63.2 Å². The number of carbonyl (C=O) groups is 1. The van der Waals surface area contributed by atoms with Crippen LogP contribution in [0.4, 0.5) is 5.69 Å². The van der Waals surface area contributed by atoms with E-state index in [9.17, 15) is 4.79 Å². The number of rotatable bonds is 10. The highest BCUT2D eigenvalue weighted by Crippen LogP contribution is 2.22. The number of benzene rings is 2. The van der Waals surface area contributed by atoms with Gasteiger partial charge in [-0.2, -0.15) is 10.2 Å². The number of carbonyl (C=O) groups excluding carboxylic acids is 1. The fourth-order valence-electron chi connectivity index (χ4n) is 3.08. The van der Waals surface area contributed by atoms with Crippen molar-refractivity contribution in [3.63, 3.8) is 0 Å². The molecule has 152 valence electrons. The number of fused-ring (bicyclic) bond motifs is 1. The first-order valence-corrected chi connectivity index (χ1v) is 10.3. The Labute approximate surface area is 171 Å². The van der Waals surface area contributed by atoms with Crippen molar-refractivity contribution >= 4 is 22.7 Å². The van der Waals surface area contributed by atoms with E-state index in [4.69, 9.17) is 4.42 Å². The Hall–Kier alpha value is -3.02. The van der Waals surface area contributed by atoms with Gasteiger partial charge in [-0.3, -0.25) is 4.79 Å². The summed E-state index contributed by atoms with van der Waals surface area (Å²) in [5.41, 5.74) is 2.69. The van der Waals surface area contributed by atoms with Crippen molar-refractivity contribution in [2.24, 2.45) is 10.2 Å². The first-order valence-electron chi connectivity index (χ1n) is 10.3. The Morgan fingerprint density at radius 1 is 1.00 bits per heavy atom. The molecule has 2 aromatic carbocycles. The fraction of sp³-hybridized carbons (Fsp3) is 0.391. The number of azo groups is 1. The van der Waals surface area contributed by atoms with Crippen LogP contribution in [0, 0.1) is 0 Å². The summed E-state index contributed by atoms with van der Waals surface area (Å²) in [6.07, 6.45) is 4.11. The molecule has 0 fully saturated rings. The molecule has 6 heteroatoms. The van der Waals surface area contributed by atoms with Crippen LogP contribution in [0.5, 0.6) is 0 Å². The molecular weight excluding hydrogens is 364 g/mol. The van der Waals surface area contributed by atoms with Gasteiger partial charge in [0.05, 0.1) is 11.3 Å². The van der Waals surface area contributed by atoms with Gasteiger partial charge >= 0.3 is 0 Å². The van der Waals surface area contributed by atoms with Gasteiger partial charge in [0, 0.05) is 13.1 Å². The lowest BCUT2D eigenvalue weighted by Gasteiger charge is -2.23. The van der Waals surface area contributed by atoms with E-state index >= 15 is 0 Å². The van der Waals surface area contributed by atoms with Gasteiger partial charge < -0.3 is 9.32 Å². The Kier molecular flexibility index (Phi) is 7.50. The highest BCUT2D eigenvalue weighted by atomic mass is 16.3. The largest absolute Gasteiger partial charge is 0.439 e. The molecule has 0 saturated heterocycles. The van der Waals surface area contributed by atoms with E-state index in [1.54, 1.807) is 0 Å². The van der Waals surface area contributed by atoms with Crippen molar-refractivity contribution in [3.05, 3.63) is 60.0 Å². The SMILES string of the molecule is CCCCN(CCCC)C(=O)c1ccccc1N=NCc1nc2ccccc2o1. The van der Waals surface area contributed by atoms with Gasteiger partial charge in [-0.25, -0.2) is 4.98 Å². The van der Waals surface area contributed by atoms with Crippen LogP contribution >= 0.6 is 0 Å². The minimum Gasteiger partial charge on any atom is -0.439 e. The number of unbranched alkanes of at least 4 members (excludes halogenated alkanes) is 2. The smallest absolute Gasteiger partial charge is 0.256 e. The van der Waals surface area contributed by atoms with Crippen molar-refractivity contribution < 1.29 is 9.21 Å². The van der Waals surface area contributed by atoms with Gasteiger partial charge in [0.25, 0.3) is 5.91 Å². The Balaban J connectivity index is 1.74.